The van der Waals surface area contributed by atoms with E-state index in [1.165, 1.54) is 0 Å². The zero-order valence-electron chi connectivity index (χ0n) is 6.97. The number of pyridine rings is 1. The first-order chi connectivity index (χ1) is 6.83. The van der Waals surface area contributed by atoms with Crippen molar-refractivity contribution in [2.75, 3.05) is 5.73 Å². The Morgan fingerprint density at radius 2 is 2.13 bits per heavy atom. The van der Waals surface area contributed by atoms with Crippen molar-refractivity contribution in [2.24, 2.45) is 0 Å². The summed E-state index contributed by atoms with van der Waals surface area (Å²) in [6.45, 7) is 0. The van der Waals surface area contributed by atoms with Crippen LogP contribution in [0.2, 0.25) is 0 Å². The molecule has 0 unspecified atom stereocenters. The molecule has 1 rings (SSSR count). The van der Waals surface area contributed by atoms with Crippen LogP contribution in [0.4, 0.5) is 18.9 Å². The monoisotopic (exact) mass is 281 g/mol. The minimum atomic E-state index is -4.89. The molecule has 0 spiro atoms. The second-order valence-electron chi connectivity index (χ2n) is 2.37. The number of anilines is 1. The molecule has 1 aromatic rings. The first-order valence-corrected chi connectivity index (χ1v) is 4.24. The maximum atomic E-state index is 11.8. The summed E-state index contributed by atoms with van der Waals surface area (Å²) in [5, 5.41) is 8.51. The highest BCUT2D eigenvalue weighted by atomic mass is 79.9. The summed E-state index contributed by atoms with van der Waals surface area (Å²) in [5.74, 6) is -0.831. The van der Waals surface area contributed by atoms with Gasteiger partial charge in [0, 0.05) is 0 Å². The maximum absolute atomic E-state index is 11.8. The Balaban J connectivity index is 3.15. The lowest BCUT2D eigenvalue weighted by atomic mass is 10.3. The summed E-state index contributed by atoms with van der Waals surface area (Å²) in [5.41, 5.74) is 4.69. The van der Waals surface area contributed by atoms with Gasteiger partial charge in [0.15, 0.2) is 5.69 Å². The van der Waals surface area contributed by atoms with Gasteiger partial charge < -0.3 is 10.5 Å². The van der Waals surface area contributed by atoms with Gasteiger partial charge in [-0.05, 0) is 22.0 Å². The van der Waals surface area contributed by atoms with Crippen LogP contribution in [-0.4, -0.2) is 11.3 Å². The molecule has 0 aromatic carbocycles. The highest BCUT2D eigenvalue weighted by molar-refractivity contribution is 9.10. The van der Waals surface area contributed by atoms with E-state index in [1.54, 1.807) is 6.07 Å². The van der Waals surface area contributed by atoms with Gasteiger partial charge >= 0.3 is 6.36 Å². The normalized spacial score (nSPS) is 10.9. The third-order valence-electron chi connectivity index (χ3n) is 1.29. The van der Waals surface area contributed by atoms with Gasteiger partial charge in [-0.15, -0.1) is 13.2 Å². The Hall–Kier alpha value is -1.49. The van der Waals surface area contributed by atoms with Crippen LogP contribution in [-0.2, 0) is 0 Å². The number of nitrogens with zero attached hydrogens (tertiary/aromatic N) is 2. The van der Waals surface area contributed by atoms with Crippen LogP contribution in [0.25, 0.3) is 0 Å². The molecule has 2 N–H and O–H groups in total. The van der Waals surface area contributed by atoms with E-state index in [9.17, 15) is 13.2 Å². The molecular weight excluding hydrogens is 279 g/mol. The molecule has 0 atom stereocenters. The summed E-state index contributed by atoms with van der Waals surface area (Å²) in [7, 11) is 0. The minimum absolute atomic E-state index is 0.206. The topological polar surface area (TPSA) is 71.9 Å². The number of nitriles is 1. The minimum Gasteiger partial charge on any atom is -0.394 e. The Bertz CT molecular complexity index is 427. The molecule has 0 aliphatic heterocycles. The van der Waals surface area contributed by atoms with Crippen LogP contribution in [0.3, 0.4) is 0 Å². The largest absolute Gasteiger partial charge is 0.574 e. The maximum Gasteiger partial charge on any atom is 0.574 e. The number of nitrogen functional groups attached to an aromatic ring is 1. The lowest BCUT2D eigenvalue weighted by molar-refractivity contribution is -0.275. The number of aromatic nitrogens is 1. The van der Waals surface area contributed by atoms with Crippen molar-refractivity contribution >= 4 is 21.6 Å². The number of ether oxygens (including phenoxy) is 1. The summed E-state index contributed by atoms with van der Waals surface area (Å²) >= 11 is 2.92. The van der Waals surface area contributed by atoms with Gasteiger partial charge in [0.05, 0.1) is 10.2 Å². The zero-order valence-corrected chi connectivity index (χ0v) is 8.56. The summed E-state index contributed by atoms with van der Waals surface area (Å²) in [4.78, 5) is 3.30. The van der Waals surface area contributed by atoms with Crippen molar-refractivity contribution in [2.45, 2.75) is 6.36 Å². The smallest absolute Gasteiger partial charge is 0.394 e. The number of halogens is 4. The fourth-order valence-electron chi connectivity index (χ4n) is 0.756. The molecule has 1 heterocycles. The van der Waals surface area contributed by atoms with E-state index in [4.69, 9.17) is 11.0 Å². The van der Waals surface area contributed by atoms with Gasteiger partial charge in [0.2, 0.25) is 5.88 Å². The molecule has 1 aromatic heterocycles. The second-order valence-corrected chi connectivity index (χ2v) is 3.23. The van der Waals surface area contributed by atoms with Crippen molar-refractivity contribution in [1.82, 2.24) is 4.98 Å². The Labute approximate surface area is 90.6 Å². The van der Waals surface area contributed by atoms with Gasteiger partial charge in [0.1, 0.15) is 6.07 Å². The molecule has 0 aliphatic carbocycles. The number of alkyl halides is 3. The van der Waals surface area contributed by atoms with Crippen molar-refractivity contribution < 1.29 is 17.9 Å². The number of hydrogen-bond acceptors (Lipinski definition) is 4. The number of rotatable bonds is 1. The molecule has 0 fully saturated rings. The molecule has 8 heteroatoms. The molecule has 0 bridgehead atoms. The molecule has 80 valence electrons. The highest BCUT2D eigenvalue weighted by Gasteiger charge is 2.33. The average Bonchev–Trinajstić information content (AvgIpc) is 2.07. The fourth-order valence-corrected chi connectivity index (χ4v) is 1.18. The quantitative estimate of drug-likeness (QED) is 0.857. The first kappa shape index (κ1) is 11.6. The average molecular weight is 282 g/mol. The Kier molecular flexibility index (Phi) is 3.04. The van der Waals surface area contributed by atoms with E-state index in [1.807, 2.05) is 0 Å². The Morgan fingerprint density at radius 1 is 1.53 bits per heavy atom. The van der Waals surface area contributed by atoms with E-state index >= 15 is 0 Å². The molecule has 0 saturated heterocycles. The van der Waals surface area contributed by atoms with Crippen LogP contribution in [0.5, 0.6) is 5.88 Å². The lowest BCUT2D eigenvalue weighted by Gasteiger charge is -2.10. The van der Waals surface area contributed by atoms with E-state index in [0.717, 1.165) is 6.07 Å². The zero-order chi connectivity index (χ0) is 11.6. The molecule has 4 nitrogen and oxygen atoms in total. The fraction of sp³-hybridized carbons (Fsp3) is 0.143. The van der Waals surface area contributed by atoms with Crippen LogP contribution in [0, 0.1) is 11.3 Å². The predicted molar refractivity (Wildman–Crippen MR) is 47.7 cm³/mol. The van der Waals surface area contributed by atoms with Gasteiger partial charge in [-0.2, -0.15) is 10.2 Å². The molecule has 0 saturated carbocycles. The third-order valence-corrected chi connectivity index (χ3v) is 1.89. The van der Waals surface area contributed by atoms with Crippen LogP contribution < -0.4 is 10.5 Å². The van der Waals surface area contributed by atoms with Gasteiger partial charge in [-0.25, -0.2) is 0 Å². The Morgan fingerprint density at radius 3 is 2.60 bits per heavy atom. The van der Waals surface area contributed by atoms with Crippen LogP contribution >= 0.6 is 15.9 Å². The number of nitrogens with two attached hydrogens (primary N) is 1. The molecule has 0 aliphatic rings. The van der Waals surface area contributed by atoms with Gasteiger partial charge in [-0.3, -0.25) is 0 Å². The second kappa shape index (κ2) is 3.94. The van der Waals surface area contributed by atoms with Crippen molar-refractivity contribution in [3.05, 3.63) is 16.2 Å². The summed E-state index contributed by atoms with van der Waals surface area (Å²) in [6.07, 6.45) is -4.89. The predicted octanol–water partition coefficient (Wildman–Crippen LogP) is 2.20. The lowest BCUT2D eigenvalue weighted by Crippen LogP contribution is -2.19. The van der Waals surface area contributed by atoms with Crippen molar-refractivity contribution in [3.8, 4) is 11.9 Å². The van der Waals surface area contributed by atoms with Crippen LogP contribution in [0.1, 0.15) is 5.69 Å². The summed E-state index contributed by atoms with van der Waals surface area (Å²) < 4.78 is 39.3. The molecule has 15 heavy (non-hydrogen) atoms. The van der Waals surface area contributed by atoms with E-state index < -0.39 is 12.2 Å². The molecule has 0 amide bonds. The van der Waals surface area contributed by atoms with E-state index in [2.05, 4.69) is 25.7 Å². The van der Waals surface area contributed by atoms with Crippen LogP contribution in [0.15, 0.2) is 10.5 Å². The third kappa shape index (κ3) is 2.99. The van der Waals surface area contributed by atoms with Gasteiger partial charge in [0.25, 0.3) is 0 Å². The van der Waals surface area contributed by atoms with Crippen molar-refractivity contribution in [3.63, 3.8) is 0 Å². The van der Waals surface area contributed by atoms with Crippen molar-refractivity contribution in [1.29, 1.82) is 5.26 Å². The first-order valence-electron chi connectivity index (χ1n) is 3.45. The van der Waals surface area contributed by atoms with E-state index in [-0.39, 0.29) is 15.9 Å². The van der Waals surface area contributed by atoms with Gasteiger partial charge in [-0.1, -0.05) is 0 Å². The van der Waals surface area contributed by atoms with E-state index in [0.29, 0.717) is 0 Å². The standard InChI is InChI=1S/C7H3BrF3N3O/c8-3-1-4(13)6(14-5(3)2-12)15-7(9,10)11/h1H,13H2. The number of hydrogen-bond donors (Lipinski definition) is 1. The SMILES string of the molecule is N#Cc1nc(OC(F)(F)F)c(N)cc1Br. The highest BCUT2D eigenvalue weighted by Crippen LogP contribution is 2.29. The summed E-state index contributed by atoms with van der Waals surface area (Å²) in [6, 6.07) is 2.71. The molecule has 0 radical (unpaired) electrons. The molecular formula is C7H3BrF3N3O.